The number of amides is 1. The van der Waals surface area contributed by atoms with Crippen LogP contribution < -0.4 is 10.2 Å². The van der Waals surface area contributed by atoms with E-state index in [9.17, 15) is 14.4 Å². The quantitative estimate of drug-likeness (QED) is 0.792. The molecule has 1 saturated heterocycles. The maximum Gasteiger partial charge on any atom is 0.323 e. The van der Waals surface area contributed by atoms with E-state index in [0.29, 0.717) is 19.3 Å². The normalized spacial score (nSPS) is 24.0. The van der Waals surface area contributed by atoms with Crippen molar-refractivity contribution in [2.45, 2.75) is 44.4 Å². The van der Waals surface area contributed by atoms with Crippen molar-refractivity contribution in [1.82, 2.24) is 5.32 Å². The topological polar surface area (TPSA) is 75.7 Å². The molecule has 3 atom stereocenters. The lowest BCUT2D eigenvalue weighted by atomic mass is 10.0. The highest BCUT2D eigenvalue weighted by Gasteiger charge is 2.39. The Bertz CT molecular complexity index is 927. The van der Waals surface area contributed by atoms with Gasteiger partial charge in [-0.05, 0) is 37.0 Å². The van der Waals surface area contributed by atoms with Gasteiger partial charge in [-0.3, -0.25) is 19.7 Å². The third-order valence-corrected chi connectivity index (χ3v) is 5.50. The van der Waals surface area contributed by atoms with Crippen LogP contribution in [0.3, 0.4) is 0 Å². The van der Waals surface area contributed by atoms with Crippen molar-refractivity contribution < 1.29 is 19.1 Å². The molecule has 1 fully saturated rings. The number of Topliss-reactive ketones (excluding diaryl/α,β-unsaturated/α-hetero) is 1. The minimum atomic E-state index is -0.547. The number of rotatable bonds is 5. The van der Waals surface area contributed by atoms with Crippen molar-refractivity contribution in [3.8, 4) is 0 Å². The molecule has 0 radical (unpaired) electrons. The first-order chi connectivity index (χ1) is 14.0. The van der Waals surface area contributed by atoms with Crippen LogP contribution in [-0.4, -0.2) is 36.3 Å². The minimum Gasteiger partial charge on any atom is -0.456 e. The Hall–Kier alpha value is -2.99. The van der Waals surface area contributed by atoms with Crippen molar-refractivity contribution in [3.63, 3.8) is 0 Å². The summed E-state index contributed by atoms with van der Waals surface area (Å²) in [5.74, 6) is -0.606. The van der Waals surface area contributed by atoms with Gasteiger partial charge in [-0.25, -0.2) is 0 Å². The van der Waals surface area contributed by atoms with Crippen molar-refractivity contribution in [1.29, 1.82) is 0 Å². The second-order valence-electron chi connectivity index (χ2n) is 7.64. The summed E-state index contributed by atoms with van der Waals surface area (Å²) < 4.78 is 5.54. The van der Waals surface area contributed by atoms with Crippen LogP contribution in [0.5, 0.6) is 0 Å². The van der Waals surface area contributed by atoms with Crippen molar-refractivity contribution in [2.24, 2.45) is 0 Å². The van der Waals surface area contributed by atoms with Crippen molar-refractivity contribution in [3.05, 3.63) is 65.7 Å². The van der Waals surface area contributed by atoms with Crippen LogP contribution in [0.4, 0.5) is 5.69 Å². The predicted octanol–water partition coefficient (Wildman–Crippen LogP) is 2.57. The Morgan fingerprint density at radius 3 is 2.55 bits per heavy atom. The number of esters is 1. The van der Waals surface area contributed by atoms with E-state index in [0.717, 1.165) is 16.8 Å². The van der Waals surface area contributed by atoms with Gasteiger partial charge in [0.2, 0.25) is 5.91 Å². The van der Waals surface area contributed by atoms with E-state index in [4.69, 9.17) is 4.74 Å². The zero-order valence-corrected chi connectivity index (χ0v) is 16.3. The molecule has 0 aliphatic carbocycles. The number of ketones is 1. The van der Waals surface area contributed by atoms with Gasteiger partial charge in [0.05, 0.1) is 12.6 Å². The highest BCUT2D eigenvalue weighted by Crippen LogP contribution is 2.31. The van der Waals surface area contributed by atoms with Gasteiger partial charge >= 0.3 is 5.97 Å². The second-order valence-corrected chi connectivity index (χ2v) is 7.64. The van der Waals surface area contributed by atoms with E-state index in [2.05, 4.69) is 5.32 Å². The fraction of sp³-hybridized carbons (Fsp3) is 0.348. The third kappa shape index (κ3) is 4.07. The number of nitrogens with one attached hydrogen (secondary N) is 1. The molecule has 6 nitrogen and oxygen atoms in total. The summed E-state index contributed by atoms with van der Waals surface area (Å²) in [7, 11) is 0. The Morgan fingerprint density at radius 1 is 1.07 bits per heavy atom. The largest absolute Gasteiger partial charge is 0.456 e. The molecule has 2 aromatic carbocycles. The summed E-state index contributed by atoms with van der Waals surface area (Å²) in [6, 6.07) is 16.2. The summed E-state index contributed by atoms with van der Waals surface area (Å²) in [5.41, 5.74) is 2.75. The molecule has 2 heterocycles. The molecule has 0 bridgehead atoms. The molecule has 0 aromatic heterocycles. The first kappa shape index (κ1) is 19.3. The molecule has 4 rings (SSSR count). The maximum atomic E-state index is 13.2. The smallest absolute Gasteiger partial charge is 0.323 e. The number of carbonyl (C=O) groups excluding carboxylic acids is 3. The number of aryl methyl sites for hydroxylation is 1. The standard InChI is InChI=1S/C23H24N2O4/c1-15(26)14-25-20-10-6-5-7-16(20)11-12-18(22(25)27)24-19-13-21(29-23(19)28)17-8-3-2-4-9-17/h2-10,18-19,21,24H,11-14H2,1H3/t18-,19?,21?/m0/s1. The summed E-state index contributed by atoms with van der Waals surface area (Å²) in [6.45, 7) is 1.50. The number of hydrogen-bond donors (Lipinski definition) is 1. The molecule has 0 saturated carbocycles. The molecular formula is C23H24N2O4. The SMILES string of the molecule is CC(=O)CN1C(=O)[C@@H](NC2CC(c3ccccc3)OC2=O)CCc2ccccc21. The van der Waals surface area contributed by atoms with E-state index in [1.165, 1.54) is 11.8 Å². The summed E-state index contributed by atoms with van der Waals surface area (Å²) in [5, 5.41) is 3.22. The Balaban J connectivity index is 1.52. The third-order valence-electron chi connectivity index (χ3n) is 5.50. The summed E-state index contributed by atoms with van der Waals surface area (Å²) in [6.07, 6.45) is 1.42. The average Bonchev–Trinajstić information content (AvgIpc) is 3.04. The van der Waals surface area contributed by atoms with E-state index in [-0.39, 0.29) is 30.3 Å². The van der Waals surface area contributed by atoms with Gasteiger partial charge < -0.3 is 9.64 Å². The number of cyclic esters (lactones) is 1. The fourth-order valence-corrected chi connectivity index (χ4v) is 4.09. The monoisotopic (exact) mass is 392 g/mol. The molecule has 1 N–H and O–H groups in total. The number of nitrogens with zero attached hydrogens (tertiary/aromatic N) is 1. The highest BCUT2D eigenvalue weighted by atomic mass is 16.6. The number of carbonyl (C=O) groups is 3. The molecule has 2 aliphatic rings. The van der Waals surface area contributed by atoms with E-state index in [1.807, 2.05) is 54.6 Å². The van der Waals surface area contributed by atoms with Gasteiger partial charge in [-0.2, -0.15) is 0 Å². The van der Waals surface area contributed by atoms with Gasteiger partial charge in [0.25, 0.3) is 0 Å². The van der Waals surface area contributed by atoms with E-state index in [1.54, 1.807) is 0 Å². The molecule has 2 aromatic rings. The highest BCUT2D eigenvalue weighted by molar-refractivity contribution is 6.03. The number of benzene rings is 2. The molecular weight excluding hydrogens is 368 g/mol. The van der Waals surface area contributed by atoms with Gasteiger partial charge in [-0.1, -0.05) is 48.5 Å². The lowest BCUT2D eigenvalue weighted by molar-refractivity contribution is -0.143. The van der Waals surface area contributed by atoms with Crippen molar-refractivity contribution >= 4 is 23.3 Å². The maximum absolute atomic E-state index is 13.2. The lowest BCUT2D eigenvalue weighted by Gasteiger charge is -2.26. The molecule has 29 heavy (non-hydrogen) atoms. The van der Waals surface area contributed by atoms with Crippen LogP contribution in [0.15, 0.2) is 54.6 Å². The van der Waals surface area contributed by atoms with E-state index >= 15 is 0 Å². The predicted molar refractivity (Wildman–Crippen MR) is 108 cm³/mol. The molecule has 0 spiro atoms. The number of para-hydroxylation sites is 1. The zero-order valence-electron chi connectivity index (χ0n) is 16.3. The number of ether oxygens (including phenoxy) is 1. The molecule has 2 aliphatic heterocycles. The van der Waals surface area contributed by atoms with Gasteiger partial charge in [-0.15, -0.1) is 0 Å². The zero-order chi connectivity index (χ0) is 20.4. The summed E-state index contributed by atoms with van der Waals surface area (Å²) in [4.78, 5) is 39.0. The van der Waals surface area contributed by atoms with Crippen LogP contribution >= 0.6 is 0 Å². The molecule has 2 unspecified atom stereocenters. The number of fused-ring (bicyclic) bond motifs is 1. The summed E-state index contributed by atoms with van der Waals surface area (Å²) >= 11 is 0. The van der Waals surface area contributed by atoms with Crippen LogP contribution in [0.25, 0.3) is 0 Å². The first-order valence-electron chi connectivity index (χ1n) is 9.93. The minimum absolute atomic E-state index is 0.0236. The van der Waals surface area contributed by atoms with Gasteiger partial charge in [0.1, 0.15) is 17.9 Å². The fourth-order valence-electron chi connectivity index (χ4n) is 4.09. The average molecular weight is 392 g/mol. The van der Waals surface area contributed by atoms with Crippen LogP contribution in [0, 0.1) is 0 Å². The van der Waals surface area contributed by atoms with Crippen LogP contribution in [0.1, 0.15) is 37.0 Å². The number of hydrogen-bond acceptors (Lipinski definition) is 5. The number of anilines is 1. The first-order valence-corrected chi connectivity index (χ1v) is 9.93. The Labute approximate surface area is 169 Å². The lowest BCUT2D eigenvalue weighted by Crippen LogP contribution is -2.51. The van der Waals surface area contributed by atoms with Crippen LogP contribution in [-0.2, 0) is 25.5 Å². The Kier molecular flexibility index (Phi) is 5.45. The van der Waals surface area contributed by atoms with Gasteiger partial charge in [0, 0.05) is 12.1 Å². The van der Waals surface area contributed by atoms with Gasteiger partial charge in [0.15, 0.2) is 0 Å². The second kappa shape index (κ2) is 8.17. The van der Waals surface area contributed by atoms with E-state index < -0.39 is 12.1 Å². The molecule has 6 heteroatoms. The Morgan fingerprint density at radius 2 is 1.79 bits per heavy atom. The molecule has 1 amide bonds. The van der Waals surface area contributed by atoms with Crippen molar-refractivity contribution in [2.75, 3.05) is 11.4 Å². The van der Waals surface area contributed by atoms with Crippen LogP contribution in [0.2, 0.25) is 0 Å². The molecule has 150 valence electrons.